The molecule has 3 amide bonds. The number of anilines is 3. The number of nitrogens with zero attached hydrogens (tertiary/aromatic N) is 2. The molecule has 0 aliphatic carbocycles. The number of carbonyl (C=O) groups excluding carboxylic acids is 2. The second-order valence-electron chi connectivity index (χ2n) is 11.6. The van der Waals surface area contributed by atoms with Gasteiger partial charge in [-0.25, -0.2) is 4.79 Å². The second kappa shape index (κ2) is 13.0. The van der Waals surface area contributed by atoms with Gasteiger partial charge in [-0.1, -0.05) is 49.4 Å². The number of hydrogen-bond acceptors (Lipinski definition) is 7. The molecule has 2 aliphatic rings. The molecule has 0 fully saturated rings. The Hall–Kier alpha value is -4.96. The molecule has 10 heteroatoms. The lowest BCUT2D eigenvalue weighted by Crippen LogP contribution is -2.50. The van der Waals surface area contributed by atoms with Gasteiger partial charge in [0.05, 0.1) is 36.1 Å². The fraction of sp³-hybridized carbons (Fsp3) is 0.314. The zero-order chi connectivity index (χ0) is 31.5. The highest BCUT2D eigenvalue weighted by Gasteiger charge is 2.35. The van der Waals surface area contributed by atoms with Crippen LogP contribution >= 0.6 is 0 Å². The average molecular weight is 611 g/mol. The molecule has 0 bridgehead atoms. The van der Waals surface area contributed by atoms with Gasteiger partial charge < -0.3 is 39.8 Å². The number of urea groups is 1. The van der Waals surface area contributed by atoms with Crippen LogP contribution in [-0.4, -0.2) is 74.0 Å². The van der Waals surface area contributed by atoms with Gasteiger partial charge in [-0.05, 0) is 42.6 Å². The first-order valence-electron chi connectivity index (χ1n) is 15.2. The Morgan fingerprint density at radius 2 is 1.69 bits per heavy atom. The van der Waals surface area contributed by atoms with E-state index < -0.39 is 12.1 Å². The van der Waals surface area contributed by atoms with Crippen LogP contribution in [0.3, 0.4) is 0 Å². The molecule has 234 valence electrons. The van der Waals surface area contributed by atoms with Gasteiger partial charge in [0.15, 0.2) is 17.2 Å². The first kappa shape index (κ1) is 30.1. The summed E-state index contributed by atoms with van der Waals surface area (Å²) in [5.41, 5.74) is 2.28. The fourth-order valence-electron chi connectivity index (χ4n) is 5.81. The molecule has 0 saturated carbocycles. The molecule has 0 spiro atoms. The molecule has 3 atom stereocenters. The SMILES string of the molecule is CC1CN(C(C)CO)C(=O)c2cccc(NC(=O)Nc3cccc4ccccc34)c2OC1CN(C)c1ccc2c(c1)OCCO2. The Kier molecular flexibility index (Phi) is 8.66. The number of aliphatic hydroxyl groups is 1. The molecule has 4 aromatic carbocycles. The summed E-state index contributed by atoms with van der Waals surface area (Å²) in [5, 5.41) is 17.8. The van der Waals surface area contributed by atoms with Crippen LogP contribution in [0.25, 0.3) is 10.8 Å². The van der Waals surface area contributed by atoms with Gasteiger partial charge in [0, 0.05) is 36.7 Å². The van der Waals surface area contributed by atoms with Crippen molar-refractivity contribution in [3.05, 3.63) is 84.4 Å². The van der Waals surface area contributed by atoms with Crippen LogP contribution in [0.15, 0.2) is 78.9 Å². The van der Waals surface area contributed by atoms with Gasteiger partial charge in [0.1, 0.15) is 19.3 Å². The summed E-state index contributed by atoms with van der Waals surface area (Å²) in [6, 6.07) is 23.6. The zero-order valence-corrected chi connectivity index (χ0v) is 25.7. The zero-order valence-electron chi connectivity index (χ0n) is 25.7. The van der Waals surface area contributed by atoms with E-state index in [0.29, 0.717) is 54.7 Å². The summed E-state index contributed by atoms with van der Waals surface area (Å²) in [4.78, 5) is 31.0. The van der Waals surface area contributed by atoms with E-state index in [1.54, 1.807) is 23.1 Å². The number of rotatable bonds is 7. The molecule has 2 aliphatic heterocycles. The van der Waals surface area contributed by atoms with Crippen molar-refractivity contribution in [2.75, 3.05) is 55.5 Å². The van der Waals surface area contributed by atoms with Gasteiger partial charge in [-0.2, -0.15) is 0 Å². The van der Waals surface area contributed by atoms with E-state index in [1.165, 1.54) is 0 Å². The maximum Gasteiger partial charge on any atom is 0.323 e. The van der Waals surface area contributed by atoms with Crippen LogP contribution < -0.4 is 29.7 Å². The second-order valence-corrected chi connectivity index (χ2v) is 11.6. The number of aliphatic hydroxyl groups excluding tert-OH is 1. The molecular formula is C35H38N4O6. The molecule has 0 aromatic heterocycles. The molecule has 10 nitrogen and oxygen atoms in total. The molecule has 3 N–H and O–H groups in total. The van der Waals surface area contributed by atoms with Crippen LogP contribution in [0.4, 0.5) is 21.9 Å². The highest BCUT2D eigenvalue weighted by Crippen LogP contribution is 2.37. The Bertz CT molecular complexity index is 1710. The average Bonchev–Trinajstić information content (AvgIpc) is 3.06. The third-order valence-corrected chi connectivity index (χ3v) is 8.40. The van der Waals surface area contributed by atoms with Crippen molar-refractivity contribution in [1.82, 2.24) is 4.90 Å². The third kappa shape index (κ3) is 6.32. The quantitative estimate of drug-likeness (QED) is 0.249. The normalized spacial score (nSPS) is 18.2. The van der Waals surface area contributed by atoms with Crippen molar-refractivity contribution in [3.8, 4) is 17.2 Å². The minimum absolute atomic E-state index is 0.117. The summed E-state index contributed by atoms with van der Waals surface area (Å²) in [5.74, 6) is 1.31. The summed E-state index contributed by atoms with van der Waals surface area (Å²) >= 11 is 0. The summed E-state index contributed by atoms with van der Waals surface area (Å²) in [7, 11) is 1.97. The number of benzene rings is 4. The van der Waals surface area contributed by atoms with Gasteiger partial charge in [-0.3, -0.25) is 4.79 Å². The molecule has 4 aromatic rings. The maximum absolute atomic E-state index is 13.9. The van der Waals surface area contributed by atoms with E-state index in [4.69, 9.17) is 14.2 Å². The van der Waals surface area contributed by atoms with Gasteiger partial charge >= 0.3 is 6.03 Å². The predicted octanol–water partition coefficient (Wildman–Crippen LogP) is 5.61. The van der Waals surface area contributed by atoms with Crippen molar-refractivity contribution in [2.45, 2.75) is 26.0 Å². The first-order chi connectivity index (χ1) is 21.8. The lowest BCUT2D eigenvalue weighted by molar-refractivity contribution is 0.0426. The molecular weight excluding hydrogens is 572 g/mol. The molecule has 0 radical (unpaired) electrons. The molecule has 45 heavy (non-hydrogen) atoms. The van der Waals surface area contributed by atoms with E-state index in [0.717, 1.165) is 16.5 Å². The molecule has 2 heterocycles. The Labute approximate surface area is 262 Å². The number of para-hydroxylation sites is 1. The van der Waals surface area contributed by atoms with Crippen LogP contribution in [0, 0.1) is 5.92 Å². The Morgan fingerprint density at radius 1 is 0.978 bits per heavy atom. The predicted molar refractivity (Wildman–Crippen MR) is 175 cm³/mol. The van der Waals surface area contributed by atoms with E-state index in [9.17, 15) is 14.7 Å². The lowest BCUT2D eigenvalue weighted by atomic mass is 9.98. The van der Waals surface area contributed by atoms with Crippen LogP contribution in [-0.2, 0) is 0 Å². The smallest absolute Gasteiger partial charge is 0.323 e. The van der Waals surface area contributed by atoms with Crippen LogP contribution in [0.1, 0.15) is 24.2 Å². The Morgan fingerprint density at radius 3 is 2.51 bits per heavy atom. The highest BCUT2D eigenvalue weighted by molar-refractivity contribution is 6.08. The number of fused-ring (bicyclic) bond motifs is 3. The van der Waals surface area contributed by atoms with E-state index in [2.05, 4.69) is 15.5 Å². The van der Waals surface area contributed by atoms with E-state index in [-0.39, 0.29) is 30.3 Å². The van der Waals surface area contributed by atoms with Crippen molar-refractivity contribution < 1.29 is 28.9 Å². The number of carbonyl (C=O) groups is 2. The van der Waals surface area contributed by atoms with E-state index in [1.807, 2.05) is 81.6 Å². The van der Waals surface area contributed by atoms with Crippen molar-refractivity contribution >= 4 is 39.8 Å². The number of likely N-dealkylation sites (N-methyl/N-ethyl adjacent to an activating group) is 1. The lowest BCUT2D eigenvalue weighted by Gasteiger charge is -2.39. The van der Waals surface area contributed by atoms with Crippen molar-refractivity contribution in [2.24, 2.45) is 5.92 Å². The number of nitrogens with one attached hydrogen (secondary N) is 2. The van der Waals surface area contributed by atoms with Gasteiger partial charge in [0.2, 0.25) is 0 Å². The number of ether oxygens (including phenoxy) is 3. The molecule has 6 rings (SSSR count). The van der Waals surface area contributed by atoms with Crippen LogP contribution in [0.2, 0.25) is 0 Å². The van der Waals surface area contributed by atoms with E-state index >= 15 is 0 Å². The topological polar surface area (TPSA) is 113 Å². The minimum Gasteiger partial charge on any atom is -0.486 e. The maximum atomic E-state index is 13.9. The van der Waals surface area contributed by atoms with Crippen LogP contribution in [0.5, 0.6) is 17.2 Å². The van der Waals surface area contributed by atoms with Crippen molar-refractivity contribution in [1.29, 1.82) is 0 Å². The first-order valence-corrected chi connectivity index (χ1v) is 15.2. The fourth-order valence-corrected chi connectivity index (χ4v) is 5.81. The molecule has 0 saturated heterocycles. The minimum atomic E-state index is -0.462. The summed E-state index contributed by atoms with van der Waals surface area (Å²) in [6.45, 7) is 5.56. The summed E-state index contributed by atoms with van der Waals surface area (Å²) < 4.78 is 18.2. The third-order valence-electron chi connectivity index (χ3n) is 8.40. The van der Waals surface area contributed by atoms with Gasteiger partial charge in [0.25, 0.3) is 5.91 Å². The van der Waals surface area contributed by atoms with Gasteiger partial charge in [-0.15, -0.1) is 0 Å². The number of hydrogen-bond donors (Lipinski definition) is 3. The standard InChI is InChI=1S/C35H38N4O6/c1-22-19-39(23(2)21-40)34(41)27-11-7-13-29(37-35(42)36-28-12-6-9-24-8-4-5-10-26(24)28)33(27)45-32(22)20-38(3)25-14-15-30-31(18-25)44-17-16-43-30/h4-15,18,22-23,32,40H,16-17,19-21H2,1-3H3,(H2,36,37,42). The highest BCUT2D eigenvalue weighted by atomic mass is 16.6. The largest absolute Gasteiger partial charge is 0.486 e. The number of amides is 3. The summed E-state index contributed by atoms with van der Waals surface area (Å²) in [6.07, 6.45) is -0.382. The van der Waals surface area contributed by atoms with Crippen molar-refractivity contribution in [3.63, 3.8) is 0 Å². The monoisotopic (exact) mass is 610 g/mol. The molecule has 3 unspecified atom stereocenters. The Balaban J connectivity index is 1.30.